The average molecular weight is 266 g/mol. The van der Waals surface area contributed by atoms with Crippen LogP contribution in [0.25, 0.3) is 20.2 Å². The van der Waals surface area contributed by atoms with E-state index in [1.165, 1.54) is 52.3 Å². The monoisotopic (exact) mass is 266 g/mol. The summed E-state index contributed by atoms with van der Waals surface area (Å²) in [6, 6.07) is 16.0. The Morgan fingerprint density at radius 3 is 2.47 bits per heavy atom. The molecule has 96 valence electrons. The van der Waals surface area contributed by atoms with Crippen LogP contribution >= 0.6 is 11.3 Å². The molecule has 1 heterocycles. The van der Waals surface area contributed by atoms with Gasteiger partial charge in [-0.3, -0.25) is 0 Å². The Balaban J connectivity index is 1.87. The standard InChI is InChI=1S/C18H18S/c1-2-6-13(7-3-1)14-10-11-18-16(12-14)15-8-4-5-9-17(15)19-18/h4-5,8-13H,1-3,6-7H2. The van der Waals surface area contributed by atoms with Crippen molar-refractivity contribution in [2.45, 2.75) is 38.0 Å². The van der Waals surface area contributed by atoms with Gasteiger partial charge < -0.3 is 0 Å². The van der Waals surface area contributed by atoms with Gasteiger partial charge in [0, 0.05) is 20.2 Å². The van der Waals surface area contributed by atoms with Crippen LogP contribution < -0.4 is 0 Å². The summed E-state index contributed by atoms with van der Waals surface area (Å²) in [6.45, 7) is 0. The molecule has 0 unspecified atom stereocenters. The van der Waals surface area contributed by atoms with Crippen molar-refractivity contribution in [2.24, 2.45) is 0 Å². The quantitative estimate of drug-likeness (QED) is 0.499. The minimum atomic E-state index is 0.803. The maximum atomic E-state index is 2.46. The first-order chi connectivity index (χ1) is 9.42. The van der Waals surface area contributed by atoms with Gasteiger partial charge in [-0.25, -0.2) is 0 Å². The molecule has 0 atom stereocenters. The van der Waals surface area contributed by atoms with Gasteiger partial charge in [0.1, 0.15) is 0 Å². The van der Waals surface area contributed by atoms with Crippen LogP contribution in [-0.4, -0.2) is 0 Å². The second-order valence-corrected chi connectivity index (χ2v) is 6.77. The van der Waals surface area contributed by atoms with Crippen molar-refractivity contribution in [2.75, 3.05) is 0 Å². The van der Waals surface area contributed by atoms with E-state index in [4.69, 9.17) is 0 Å². The third-order valence-electron chi connectivity index (χ3n) is 4.48. The maximum absolute atomic E-state index is 2.46. The molecule has 3 aromatic rings. The Hall–Kier alpha value is -1.34. The SMILES string of the molecule is c1ccc2c(c1)sc1ccc(C3CCCCC3)cc12. The molecule has 0 amide bonds. The van der Waals surface area contributed by atoms with E-state index in [1.807, 2.05) is 11.3 Å². The summed E-state index contributed by atoms with van der Waals surface area (Å²) in [5, 5.41) is 2.89. The van der Waals surface area contributed by atoms with Crippen LogP contribution in [0.5, 0.6) is 0 Å². The minimum absolute atomic E-state index is 0.803. The zero-order valence-electron chi connectivity index (χ0n) is 11.1. The largest absolute Gasteiger partial charge is 0.135 e. The lowest BCUT2D eigenvalue weighted by molar-refractivity contribution is 0.444. The lowest BCUT2D eigenvalue weighted by Crippen LogP contribution is -2.03. The van der Waals surface area contributed by atoms with E-state index in [9.17, 15) is 0 Å². The fourth-order valence-corrected chi connectivity index (χ4v) is 4.52. The van der Waals surface area contributed by atoms with Crippen LogP contribution in [0, 0.1) is 0 Å². The summed E-state index contributed by atoms with van der Waals surface area (Å²) >= 11 is 1.92. The van der Waals surface area contributed by atoms with Crippen LogP contribution in [0.4, 0.5) is 0 Å². The summed E-state index contributed by atoms with van der Waals surface area (Å²) in [4.78, 5) is 0. The van der Waals surface area contributed by atoms with Gasteiger partial charge in [0.2, 0.25) is 0 Å². The van der Waals surface area contributed by atoms with E-state index in [-0.39, 0.29) is 0 Å². The summed E-state index contributed by atoms with van der Waals surface area (Å²) in [5.41, 5.74) is 1.57. The molecule has 1 aromatic heterocycles. The maximum Gasteiger partial charge on any atom is 0.0355 e. The van der Waals surface area contributed by atoms with Crippen LogP contribution in [0.2, 0.25) is 0 Å². The summed E-state index contributed by atoms with van der Waals surface area (Å²) in [6.07, 6.45) is 7.02. The molecular weight excluding hydrogens is 248 g/mol. The van der Waals surface area contributed by atoms with E-state index in [0.29, 0.717) is 0 Å². The number of rotatable bonds is 1. The van der Waals surface area contributed by atoms with Gasteiger partial charge in [0.15, 0.2) is 0 Å². The van der Waals surface area contributed by atoms with Crippen molar-refractivity contribution < 1.29 is 0 Å². The number of benzene rings is 2. The minimum Gasteiger partial charge on any atom is -0.135 e. The third-order valence-corrected chi connectivity index (χ3v) is 5.63. The first-order valence-corrected chi connectivity index (χ1v) is 8.15. The topological polar surface area (TPSA) is 0 Å². The Bertz CT molecular complexity index is 717. The predicted molar refractivity (Wildman–Crippen MR) is 85.2 cm³/mol. The number of hydrogen-bond acceptors (Lipinski definition) is 1. The van der Waals surface area contributed by atoms with Gasteiger partial charge >= 0.3 is 0 Å². The molecule has 1 aliphatic carbocycles. The van der Waals surface area contributed by atoms with Gasteiger partial charge in [-0.1, -0.05) is 43.5 Å². The normalized spacial score (nSPS) is 17.3. The van der Waals surface area contributed by atoms with Crippen molar-refractivity contribution in [1.29, 1.82) is 0 Å². The first kappa shape index (κ1) is 11.5. The molecule has 0 saturated heterocycles. The molecule has 0 aliphatic heterocycles. The molecule has 0 radical (unpaired) electrons. The molecule has 0 N–H and O–H groups in total. The van der Waals surface area contributed by atoms with E-state index in [0.717, 1.165) is 5.92 Å². The molecule has 1 heteroatoms. The molecule has 0 nitrogen and oxygen atoms in total. The fourth-order valence-electron chi connectivity index (χ4n) is 3.43. The third kappa shape index (κ3) is 1.97. The Kier molecular flexibility index (Phi) is 2.81. The smallest absolute Gasteiger partial charge is 0.0355 e. The zero-order valence-corrected chi connectivity index (χ0v) is 11.9. The number of fused-ring (bicyclic) bond motifs is 3. The van der Waals surface area contributed by atoms with Crippen LogP contribution in [0.1, 0.15) is 43.6 Å². The van der Waals surface area contributed by atoms with Crippen molar-refractivity contribution >= 4 is 31.5 Å². The fraction of sp³-hybridized carbons (Fsp3) is 0.333. The van der Waals surface area contributed by atoms with Crippen molar-refractivity contribution in [3.05, 3.63) is 48.0 Å². The molecule has 4 rings (SSSR count). The highest BCUT2D eigenvalue weighted by molar-refractivity contribution is 7.25. The van der Waals surface area contributed by atoms with Gasteiger partial charge in [0.25, 0.3) is 0 Å². The average Bonchev–Trinajstić information content (AvgIpc) is 2.86. The van der Waals surface area contributed by atoms with Crippen molar-refractivity contribution in [3.63, 3.8) is 0 Å². The lowest BCUT2D eigenvalue weighted by Gasteiger charge is -2.22. The molecule has 1 saturated carbocycles. The molecular formula is C18H18S. The lowest BCUT2D eigenvalue weighted by atomic mass is 9.84. The molecule has 19 heavy (non-hydrogen) atoms. The second-order valence-electron chi connectivity index (χ2n) is 5.69. The molecule has 1 fully saturated rings. The summed E-state index contributed by atoms with van der Waals surface area (Å²) in [7, 11) is 0. The van der Waals surface area contributed by atoms with Crippen LogP contribution in [0.3, 0.4) is 0 Å². The molecule has 1 aliphatic rings. The Morgan fingerprint density at radius 2 is 1.58 bits per heavy atom. The Labute approximate surface area is 118 Å². The van der Waals surface area contributed by atoms with Crippen molar-refractivity contribution in [3.8, 4) is 0 Å². The van der Waals surface area contributed by atoms with E-state index >= 15 is 0 Å². The number of thiophene rings is 1. The van der Waals surface area contributed by atoms with Gasteiger partial charge in [-0.2, -0.15) is 0 Å². The van der Waals surface area contributed by atoms with Gasteiger partial charge in [-0.05, 0) is 42.5 Å². The highest BCUT2D eigenvalue weighted by Gasteiger charge is 2.16. The first-order valence-electron chi connectivity index (χ1n) is 7.33. The summed E-state index contributed by atoms with van der Waals surface area (Å²) in [5.74, 6) is 0.803. The highest BCUT2D eigenvalue weighted by Crippen LogP contribution is 2.38. The van der Waals surface area contributed by atoms with Crippen LogP contribution in [-0.2, 0) is 0 Å². The van der Waals surface area contributed by atoms with Gasteiger partial charge in [0.05, 0.1) is 0 Å². The Morgan fingerprint density at radius 1 is 0.789 bits per heavy atom. The van der Waals surface area contributed by atoms with Crippen LogP contribution in [0.15, 0.2) is 42.5 Å². The highest BCUT2D eigenvalue weighted by atomic mass is 32.1. The predicted octanol–water partition coefficient (Wildman–Crippen LogP) is 6.10. The number of hydrogen-bond donors (Lipinski definition) is 0. The van der Waals surface area contributed by atoms with E-state index in [2.05, 4.69) is 42.5 Å². The van der Waals surface area contributed by atoms with Crippen molar-refractivity contribution in [1.82, 2.24) is 0 Å². The molecule has 0 bridgehead atoms. The van der Waals surface area contributed by atoms with Gasteiger partial charge in [-0.15, -0.1) is 11.3 Å². The molecule has 0 spiro atoms. The molecule has 2 aromatic carbocycles. The van der Waals surface area contributed by atoms with E-state index in [1.54, 1.807) is 5.56 Å². The second kappa shape index (κ2) is 4.64. The summed E-state index contributed by atoms with van der Waals surface area (Å²) < 4.78 is 2.85. The zero-order chi connectivity index (χ0) is 12.7. The van der Waals surface area contributed by atoms with E-state index < -0.39 is 0 Å².